The quantitative estimate of drug-likeness (QED) is 0.0352. The first-order valence-electron chi connectivity index (χ1n) is 26.7. The average Bonchev–Trinajstić information content (AvgIpc) is 2.13. The topological polar surface area (TPSA) is 307 Å². The summed E-state index contributed by atoms with van der Waals surface area (Å²) >= 11 is 0. The van der Waals surface area contributed by atoms with Gasteiger partial charge in [-0.25, -0.2) is 38.4 Å². The summed E-state index contributed by atoms with van der Waals surface area (Å²) in [4.78, 5) is 93.1. The van der Waals surface area contributed by atoms with Gasteiger partial charge in [-0.2, -0.15) is 0 Å². The number of aromatic carboxylic acids is 4. The Morgan fingerprint density at radius 3 is 0.778 bits per heavy atom. The van der Waals surface area contributed by atoms with Crippen LogP contribution in [-0.4, -0.2) is 68.2 Å². The normalized spacial score (nSPS) is 12.3. The van der Waals surface area contributed by atoms with Crippen LogP contribution in [0.15, 0.2) is 231 Å². The predicted molar refractivity (Wildman–Crippen MR) is 325 cm³/mol. The number of cyclic esters (lactones) is 4. The van der Waals surface area contributed by atoms with Crippen LogP contribution in [0, 0.1) is 0 Å². The Morgan fingerprint density at radius 1 is 0.267 bits per heavy atom. The van der Waals surface area contributed by atoms with Gasteiger partial charge >= 0.3 is 47.8 Å². The highest BCUT2D eigenvalue weighted by Gasteiger charge is 2.34. The Kier molecular flexibility index (Phi) is 16.4. The molecule has 0 amide bonds. The van der Waals surface area contributed by atoms with Crippen molar-refractivity contribution >= 4 is 93.9 Å². The summed E-state index contributed by atoms with van der Waals surface area (Å²) in [7, 11) is -6.80. The molecule has 0 aliphatic carbocycles. The molecule has 0 bridgehead atoms. The lowest BCUT2D eigenvalue weighted by atomic mass is 10.1. The second-order valence-electron chi connectivity index (χ2n) is 19.7. The van der Waals surface area contributed by atoms with E-state index in [2.05, 4.69) is 9.47 Å². The largest absolute Gasteiger partial charge is 0.478 e. The van der Waals surface area contributed by atoms with Crippen LogP contribution >= 0.6 is 14.3 Å². The SMILES string of the molecule is O=C(O)c1ccc(Oc2ccc(P(=O)(c3ccccc3)c3ccc(Oc4ccc(C(=O)O)c(C(=O)O)c4)cc3)cc2)cc1C(=O)O.O=C1OC(=O)c2cc(Oc3ccc(P(=O)(c4ccccc4)c4ccc(Oc5ccc6c(c5)C(=O)OC6=O)cc4)cc3)ccc21. The van der Waals surface area contributed by atoms with Gasteiger partial charge in [0.05, 0.1) is 44.5 Å². The molecule has 0 saturated carbocycles. The predicted octanol–water partition coefficient (Wildman–Crippen LogP) is 11.2. The van der Waals surface area contributed by atoms with E-state index in [0.717, 1.165) is 24.3 Å². The maximum Gasteiger partial charge on any atom is 0.347 e. The first kappa shape index (κ1) is 59.7. The van der Waals surface area contributed by atoms with Gasteiger partial charge in [0.15, 0.2) is 14.3 Å². The summed E-state index contributed by atoms with van der Waals surface area (Å²) in [5.74, 6) is -6.07. The minimum absolute atomic E-state index is 0.102. The lowest BCUT2D eigenvalue weighted by Crippen LogP contribution is -2.24. The number of hydrogen-bond acceptors (Lipinski definition) is 16. The molecule has 0 spiro atoms. The van der Waals surface area contributed by atoms with E-state index < -0.39 is 73.2 Å². The van der Waals surface area contributed by atoms with Crippen LogP contribution in [-0.2, 0) is 18.6 Å². The Balaban J connectivity index is 0.000000185. The molecule has 0 aromatic heterocycles. The van der Waals surface area contributed by atoms with Crippen LogP contribution < -0.4 is 50.8 Å². The Morgan fingerprint density at radius 2 is 0.500 bits per heavy atom. The van der Waals surface area contributed by atoms with Crippen LogP contribution in [0.3, 0.4) is 0 Å². The summed E-state index contributed by atoms with van der Waals surface area (Å²) in [5.41, 5.74) is -0.965. The second kappa shape index (κ2) is 24.8. The van der Waals surface area contributed by atoms with Crippen molar-refractivity contribution in [3.05, 3.63) is 275 Å². The van der Waals surface area contributed by atoms with Gasteiger partial charge in [-0.3, -0.25) is 0 Å². The molecule has 2 aliphatic heterocycles. The van der Waals surface area contributed by atoms with Gasteiger partial charge in [-0.1, -0.05) is 60.7 Å². The van der Waals surface area contributed by atoms with Crippen molar-refractivity contribution in [3.63, 3.8) is 0 Å². The number of fused-ring (bicyclic) bond motifs is 2. The molecule has 444 valence electrons. The standard InChI is InChI=1S/C34H23O11P.C34H19O9P/c35-31(36)27-16-10-22(18-29(27)33(39)40)44-20-6-12-25(13-7-20)46(43,24-4-2-1-3-5-24)26-14-8-21(9-15-26)45-23-11-17-28(32(37)38)30(19-23)34(41)42;35-31-27-16-10-22(18-29(27)33(37)42-31)40-20-6-12-25(13-7-20)44(39,24-4-2-1-3-5-24)26-14-8-21(9-15-26)41-23-11-17-28-30(19-23)34(38)43-32(28)36/h1-19H,(H,35,36)(H,37,38)(H,39,40)(H,41,42);1-19H. The van der Waals surface area contributed by atoms with E-state index in [4.69, 9.17) is 18.9 Å². The highest BCUT2D eigenvalue weighted by atomic mass is 31.2. The van der Waals surface area contributed by atoms with Crippen LogP contribution in [0.25, 0.3) is 0 Å². The lowest BCUT2D eigenvalue weighted by molar-refractivity contribution is 0.0425. The van der Waals surface area contributed by atoms with Crippen molar-refractivity contribution in [3.8, 4) is 46.0 Å². The first-order valence-corrected chi connectivity index (χ1v) is 30.2. The molecule has 0 saturated heterocycles. The third-order valence-corrected chi connectivity index (χ3v) is 20.3. The van der Waals surface area contributed by atoms with E-state index in [1.807, 2.05) is 30.3 Å². The summed E-state index contributed by atoms with van der Waals surface area (Å²) in [6.45, 7) is 0. The van der Waals surface area contributed by atoms with E-state index in [0.29, 0.717) is 66.3 Å². The number of carbonyl (C=O) groups excluding carboxylic acids is 4. The number of esters is 4. The van der Waals surface area contributed by atoms with E-state index >= 15 is 0 Å². The zero-order valence-corrected chi connectivity index (χ0v) is 47.9. The summed E-state index contributed by atoms with van der Waals surface area (Å²) in [5, 5.41) is 40.5. The van der Waals surface area contributed by atoms with E-state index in [9.17, 15) is 67.9 Å². The monoisotopic (exact) mass is 1240 g/mol. The number of carboxylic acid groups (broad SMARTS) is 4. The van der Waals surface area contributed by atoms with E-state index in [-0.39, 0.29) is 44.9 Å². The van der Waals surface area contributed by atoms with Gasteiger partial charge in [0.2, 0.25) is 0 Å². The Bertz CT molecular complexity index is 4410. The highest BCUT2D eigenvalue weighted by Crippen LogP contribution is 2.45. The van der Waals surface area contributed by atoms with Crippen molar-refractivity contribution in [2.45, 2.75) is 0 Å². The number of carbonyl (C=O) groups is 8. The van der Waals surface area contributed by atoms with E-state index in [1.54, 1.807) is 140 Å². The molecule has 2 aliphatic rings. The molecule has 0 radical (unpaired) electrons. The second-order valence-corrected chi connectivity index (χ2v) is 25.2. The van der Waals surface area contributed by atoms with Crippen LogP contribution in [0.5, 0.6) is 46.0 Å². The summed E-state index contributed by atoms with van der Waals surface area (Å²) in [6, 6.07) is 60.5. The van der Waals surface area contributed by atoms with Gasteiger partial charge in [-0.15, -0.1) is 0 Å². The minimum Gasteiger partial charge on any atom is -0.478 e. The van der Waals surface area contributed by atoms with Crippen molar-refractivity contribution in [1.29, 1.82) is 0 Å². The summed E-state index contributed by atoms with van der Waals surface area (Å²) < 4.78 is 62.4. The molecule has 20 nitrogen and oxygen atoms in total. The number of rotatable bonds is 18. The maximum atomic E-state index is 14.9. The smallest absolute Gasteiger partial charge is 0.347 e. The van der Waals surface area contributed by atoms with Gasteiger partial charge in [0, 0.05) is 31.8 Å². The van der Waals surface area contributed by atoms with Gasteiger partial charge < -0.3 is 58.0 Å². The third kappa shape index (κ3) is 12.1. The van der Waals surface area contributed by atoms with Crippen LogP contribution in [0.4, 0.5) is 0 Å². The Labute approximate surface area is 509 Å². The molecule has 10 aromatic rings. The van der Waals surface area contributed by atoms with Crippen molar-refractivity contribution < 1.29 is 96.3 Å². The number of carboxylic acids is 4. The van der Waals surface area contributed by atoms with E-state index in [1.165, 1.54) is 36.4 Å². The molecule has 90 heavy (non-hydrogen) atoms. The highest BCUT2D eigenvalue weighted by molar-refractivity contribution is 7.85. The van der Waals surface area contributed by atoms with Crippen molar-refractivity contribution in [1.82, 2.24) is 0 Å². The van der Waals surface area contributed by atoms with Gasteiger partial charge in [0.1, 0.15) is 46.0 Å². The molecule has 0 unspecified atom stereocenters. The molecule has 10 aromatic carbocycles. The average molecular weight is 1240 g/mol. The minimum atomic E-state index is -3.46. The molecule has 22 heteroatoms. The van der Waals surface area contributed by atoms with Crippen LogP contribution in [0.1, 0.15) is 82.9 Å². The molecule has 2 heterocycles. The van der Waals surface area contributed by atoms with Crippen molar-refractivity contribution in [2.24, 2.45) is 0 Å². The van der Waals surface area contributed by atoms with Crippen molar-refractivity contribution in [2.75, 3.05) is 0 Å². The van der Waals surface area contributed by atoms with Gasteiger partial charge in [0.25, 0.3) is 0 Å². The summed E-state index contributed by atoms with van der Waals surface area (Å²) in [6.07, 6.45) is 0. The molecule has 0 fully saturated rings. The number of ether oxygens (including phenoxy) is 6. The zero-order valence-electron chi connectivity index (χ0n) is 46.2. The molecule has 4 N–H and O–H groups in total. The van der Waals surface area contributed by atoms with Crippen LogP contribution in [0.2, 0.25) is 0 Å². The fourth-order valence-electron chi connectivity index (χ4n) is 9.77. The molecular formula is C68H42O20P2. The maximum absolute atomic E-state index is 14.9. The lowest BCUT2D eigenvalue weighted by Gasteiger charge is -2.20. The fraction of sp³-hybridized carbons (Fsp3) is 0. The number of benzene rings is 10. The Hall–Kier alpha value is -12.0. The zero-order chi connectivity index (χ0) is 63.4. The fourth-order valence-corrected chi connectivity index (χ4v) is 15.0. The van der Waals surface area contributed by atoms with Gasteiger partial charge in [-0.05, 0) is 170 Å². The first-order chi connectivity index (χ1) is 43.3. The number of hydrogen-bond donors (Lipinski definition) is 4. The third-order valence-electron chi connectivity index (χ3n) is 14.1. The molecule has 12 rings (SSSR count). The molecule has 0 atom stereocenters. The molecular weight excluding hydrogens is 1200 g/mol.